The highest BCUT2D eigenvalue weighted by molar-refractivity contribution is 5.46. The van der Waals surface area contributed by atoms with Gasteiger partial charge < -0.3 is 0 Å². The Labute approximate surface area is 175 Å². The van der Waals surface area contributed by atoms with Crippen molar-refractivity contribution in [1.82, 2.24) is 0 Å². The molecule has 186 valence electrons. The molecule has 1 nitrogen and oxygen atoms in total. The Hall–Kier alpha value is -3.19. The summed E-state index contributed by atoms with van der Waals surface area (Å²) in [5, 5.41) is 8.93. The van der Waals surface area contributed by atoms with Crippen LogP contribution in [0.15, 0.2) is 0 Å². The molecule has 2 aromatic carbocycles. The van der Waals surface area contributed by atoms with Gasteiger partial charge in [-0.25, -0.2) is 35.1 Å². The molecule has 0 bridgehead atoms. The lowest BCUT2D eigenvalue weighted by Gasteiger charge is -2.23. The first-order valence-electron chi connectivity index (χ1n) is 7.86. The van der Waals surface area contributed by atoms with Gasteiger partial charge in [0.05, 0.1) is 17.2 Å². The molecule has 0 heterocycles. The van der Waals surface area contributed by atoms with Crippen LogP contribution in [0.5, 0.6) is 0 Å². The summed E-state index contributed by atoms with van der Waals surface area (Å²) in [6.07, 6.45) is -13.0. The molecule has 34 heavy (non-hydrogen) atoms. The van der Waals surface area contributed by atoms with Gasteiger partial charge in [0, 0.05) is 0 Å². The molecule has 0 aliphatic carbocycles. The van der Waals surface area contributed by atoms with Gasteiger partial charge in [-0.15, -0.1) is 0 Å². The Morgan fingerprint density at radius 2 is 0.794 bits per heavy atom. The van der Waals surface area contributed by atoms with Crippen LogP contribution in [0, 0.1) is 57.9 Å². The Balaban J connectivity index is 2.98. The zero-order valence-corrected chi connectivity index (χ0v) is 15.1. The van der Waals surface area contributed by atoms with Gasteiger partial charge in [0.2, 0.25) is 0 Å². The molecular formula is C17HF16N. The summed E-state index contributed by atoms with van der Waals surface area (Å²) in [5.74, 6) is -36.7. The van der Waals surface area contributed by atoms with Crippen LogP contribution in [0.1, 0.15) is 28.2 Å². The molecule has 0 aliphatic heterocycles. The average Bonchev–Trinajstić information content (AvgIpc) is 2.68. The van der Waals surface area contributed by atoms with Crippen molar-refractivity contribution >= 4 is 0 Å². The van der Waals surface area contributed by atoms with Crippen LogP contribution in [0.2, 0.25) is 0 Å². The van der Waals surface area contributed by atoms with Crippen LogP contribution >= 0.6 is 0 Å². The normalized spacial score (nSPS) is 13.7. The van der Waals surface area contributed by atoms with Crippen molar-refractivity contribution in [3.05, 3.63) is 68.8 Å². The van der Waals surface area contributed by atoms with E-state index < -0.39 is 93.0 Å². The molecule has 1 unspecified atom stereocenters. The van der Waals surface area contributed by atoms with E-state index in [0.29, 0.717) is 6.07 Å². The predicted octanol–water partition coefficient (Wildman–Crippen LogP) is 7.13. The third kappa shape index (κ3) is 3.88. The first-order chi connectivity index (χ1) is 15.2. The number of nitrogens with zero attached hydrogens (tertiary/aromatic N) is 1. The summed E-state index contributed by atoms with van der Waals surface area (Å²) in [6, 6.07) is 0.436. The van der Waals surface area contributed by atoms with Gasteiger partial charge in [-0.1, -0.05) is 0 Å². The Bertz CT molecular complexity index is 1140. The fourth-order valence-corrected chi connectivity index (χ4v) is 2.74. The summed E-state index contributed by atoms with van der Waals surface area (Å²) in [4.78, 5) is 0. The van der Waals surface area contributed by atoms with Gasteiger partial charge >= 0.3 is 18.3 Å². The van der Waals surface area contributed by atoms with Gasteiger partial charge in [0.25, 0.3) is 0 Å². The Kier molecular flexibility index (Phi) is 6.55. The maximum absolute atomic E-state index is 14.2. The lowest BCUT2D eigenvalue weighted by atomic mass is 9.87. The minimum Gasteiger partial charge on any atom is -0.203 e. The third-order valence-corrected chi connectivity index (χ3v) is 4.25. The maximum atomic E-state index is 14.2. The van der Waals surface area contributed by atoms with Gasteiger partial charge in [-0.3, -0.25) is 0 Å². The van der Waals surface area contributed by atoms with Crippen molar-refractivity contribution in [3.8, 4) is 6.07 Å². The molecule has 0 saturated heterocycles. The van der Waals surface area contributed by atoms with Crippen LogP contribution in [0.3, 0.4) is 0 Å². The van der Waals surface area contributed by atoms with Gasteiger partial charge in [-0.05, 0) is 0 Å². The van der Waals surface area contributed by atoms with Crippen LogP contribution < -0.4 is 0 Å². The Morgan fingerprint density at radius 1 is 0.500 bits per heavy atom. The second-order valence-electron chi connectivity index (χ2n) is 6.22. The number of rotatable bonds is 3. The van der Waals surface area contributed by atoms with Crippen molar-refractivity contribution in [1.29, 1.82) is 5.26 Å². The standard InChI is InChI=1S/C17HF16N/c18-7-3(8(19)12(23)5(11(7)22)15(26,27)17(31,32)33)2(1-34)4-9(20)13(24)6(16(28,29)30)14(25)10(4)21/h2H. The second kappa shape index (κ2) is 8.24. The molecule has 0 fully saturated rings. The highest BCUT2D eigenvalue weighted by Gasteiger charge is 2.62. The first kappa shape index (κ1) is 27.1. The van der Waals surface area contributed by atoms with Crippen LogP contribution in [-0.2, 0) is 12.1 Å². The molecule has 2 aromatic rings. The molecule has 0 N–H and O–H groups in total. The molecule has 2 rings (SSSR count). The summed E-state index contributed by atoms with van der Waals surface area (Å²) >= 11 is 0. The quantitative estimate of drug-likeness (QED) is 0.311. The molecular weight excluding hydrogens is 522 g/mol. The van der Waals surface area contributed by atoms with E-state index in [9.17, 15) is 70.2 Å². The second-order valence-corrected chi connectivity index (χ2v) is 6.22. The highest BCUT2D eigenvalue weighted by Crippen LogP contribution is 2.48. The SMILES string of the molecule is N#CC(c1c(F)c(F)c(C(F)(F)F)c(F)c1F)c1c(F)c(F)c(C(F)(F)C(F)(F)F)c(F)c1F. The van der Waals surface area contributed by atoms with Crippen LogP contribution in [0.4, 0.5) is 70.2 Å². The average molecular weight is 523 g/mol. The maximum Gasteiger partial charge on any atom is 0.458 e. The summed E-state index contributed by atoms with van der Waals surface area (Å²) < 4.78 is 214. The molecule has 0 saturated carbocycles. The zero-order chi connectivity index (χ0) is 26.7. The molecule has 0 spiro atoms. The lowest BCUT2D eigenvalue weighted by Crippen LogP contribution is -2.36. The number of hydrogen-bond acceptors (Lipinski definition) is 1. The van der Waals surface area contributed by atoms with E-state index in [1.165, 1.54) is 0 Å². The summed E-state index contributed by atoms with van der Waals surface area (Å²) in [7, 11) is 0. The van der Waals surface area contributed by atoms with Crippen molar-refractivity contribution in [2.75, 3.05) is 0 Å². The fraction of sp³-hybridized carbons (Fsp3) is 0.235. The number of benzene rings is 2. The van der Waals surface area contributed by atoms with Crippen LogP contribution in [-0.4, -0.2) is 6.18 Å². The highest BCUT2D eigenvalue weighted by atomic mass is 19.4. The van der Waals surface area contributed by atoms with Crippen molar-refractivity contribution < 1.29 is 70.2 Å². The van der Waals surface area contributed by atoms with Gasteiger partial charge in [0.15, 0.2) is 46.5 Å². The molecule has 0 aliphatic rings. The summed E-state index contributed by atoms with van der Waals surface area (Å²) in [5.41, 5.74) is -12.1. The lowest BCUT2D eigenvalue weighted by molar-refractivity contribution is -0.291. The minimum absolute atomic E-state index is 0.436. The van der Waals surface area contributed by atoms with Crippen molar-refractivity contribution in [3.63, 3.8) is 0 Å². The molecule has 0 amide bonds. The van der Waals surface area contributed by atoms with E-state index in [2.05, 4.69) is 0 Å². The number of hydrogen-bond donors (Lipinski definition) is 0. The summed E-state index contributed by atoms with van der Waals surface area (Å²) in [6.45, 7) is 0. The number of alkyl halides is 8. The monoisotopic (exact) mass is 523 g/mol. The molecule has 17 heteroatoms. The molecule has 0 radical (unpaired) electrons. The Morgan fingerprint density at radius 3 is 1.03 bits per heavy atom. The van der Waals surface area contributed by atoms with E-state index >= 15 is 0 Å². The molecule has 0 aromatic heterocycles. The van der Waals surface area contributed by atoms with E-state index in [1.54, 1.807) is 0 Å². The van der Waals surface area contributed by atoms with E-state index in [4.69, 9.17) is 5.26 Å². The fourth-order valence-electron chi connectivity index (χ4n) is 2.74. The number of halogens is 16. The topological polar surface area (TPSA) is 23.8 Å². The zero-order valence-electron chi connectivity index (χ0n) is 15.1. The largest absolute Gasteiger partial charge is 0.458 e. The number of nitriles is 1. The predicted molar refractivity (Wildman–Crippen MR) is 75.0 cm³/mol. The van der Waals surface area contributed by atoms with Crippen molar-refractivity contribution in [2.24, 2.45) is 0 Å². The minimum atomic E-state index is -6.85. The van der Waals surface area contributed by atoms with E-state index in [-0.39, 0.29) is 0 Å². The van der Waals surface area contributed by atoms with Gasteiger partial charge in [-0.2, -0.15) is 40.4 Å². The van der Waals surface area contributed by atoms with Gasteiger partial charge in [0.1, 0.15) is 17.0 Å². The first-order valence-corrected chi connectivity index (χ1v) is 7.86. The third-order valence-electron chi connectivity index (χ3n) is 4.25. The smallest absolute Gasteiger partial charge is 0.203 e. The van der Waals surface area contributed by atoms with Crippen molar-refractivity contribution in [2.45, 2.75) is 24.2 Å². The van der Waals surface area contributed by atoms with E-state index in [0.717, 1.165) is 0 Å². The molecule has 1 atom stereocenters. The van der Waals surface area contributed by atoms with Crippen LogP contribution in [0.25, 0.3) is 0 Å². The van der Waals surface area contributed by atoms with E-state index in [1.807, 2.05) is 0 Å².